The van der Waals surface area contributed by atoms with Gasteiger partial charge in [0.2, 0.25) is 6.29 Å². The molecule has 89 valence electrons. The molecule has 2 atom stereocenters. The minimum atomic E-state index is -1.74. The van der Waals surface area contributed by atoms with Gasteiger partial charge in [0.1, 0.15) is 0 Å². The maximum absolute atomic E-state index is 10.7. The first-order valence-corrected chi connectivity index (χ1v) is 9.88. The van der Waals surface area contributed by atoms with E-state index in [1.807, 2.05) is 26.6 Å². The van der Waals surface area contributed by atoms with Gasteiger partial charge in [0, 0.05) is 0 Å². The summed E-state index contributed by atoms with van der Waals surface area (Å²) in [6, 6.07) is 0. The molecule has 0 amide bonds. The van der Waals surface area contributed by atoms with Crippen LogP contribution >= 0.6 is 0 Å². The molecular weight excluding hydrogens is 228 g/mol. The maximum Gasteiger partial charge on any atom is 0.234 e. The van der Waals surface area contributed by atoms with Gasteiger partial charge >= 0.3 is 0 Å². The predicted molar refractivity (Wildman–Crippen MR) is 64.5 cm³/mol. The Morgan fingerprint density at radius 2 is 2.07 bits per heavy atom. The van der Waals surface area contributed by atoms with Gasteiger partial charge in [-0.1, -0.05) is 13.3 Å². The summed E-state index contributed by atoms with van der Waals surface area (Å²) < 4.78 is 5.56. The highest BCUT2D eigenvalue weighted by Crippen LogP contribution is 2.14. The normalized spacial score (nSPS) is 19.1. The zero-order valence-corrected chi connectivity index (χ0v) is 12.3. The van der Waals surface area contributed by atoms with Crippen molar-refractivity contribution >= 4 is 24.4 Å². The van der Waals surface area contributed by atoms with Crippen LogP contribution in [0.5, 0.6) is 0 Å². The molecule has 0 spiro atoms. The Bertz CT molecular complexity index is 205. The molecule has 6 heteroatoms. The van der Waals surface area contributed by atoms with Crippen molar-refractivity contribution in [3.8, 4) is 0 Å². The third-order valence-corrected chi connectivity index (χ3v) is 7.11. The molecular formula is C9H21O4Si2. The zero-order chi connectivity index (χ0) is 12.1. The monoisotopic (exact) mass is 249 g/mol. The molecule has 0 saturated heterocycles. The van der Waals surface area contributed by atoms with E-state index < -0.39 is 29.4 Å². The molecule has 0 aromatic carbocycles. The zero-order valence-electron chi connectivity index (χ0n) is 9.91. The Labute approximate surface area is 94.7 Å². The number of aliphatic hydroxyl groups is 2. The van der Waals surface area contributed by atoms with Crippen molar-refractivity contribution in [3.63, 3.8) is 0 Å². The van der Waals surface area contributed by atoms with Crippen molar-refractivity contribution < 1.29 is 19.1 Å². The van der Waals surface area contributed by atoms with Gasteiger partial charge in [0.05, 0.1) is 6.10 Å². The van der Waals surface area contributed by atoms with Gasteiger partial charge in [-0.15, -0.1) is 0 Å². The summed E-state index contributed by atoms with van der Waals surface area (Å²) >= 11 is 0. The Hall–Kier alpha value is -0.0162. The van der Waals surface area contributed by atoms with Crippen LogP contribution in [-0.2, 0) is 8.91 Å². The second-order valence-electron chi connectivity index (χ2n) is 4.73. The van der Waals surface area contributed by atoms with Crippen molar-refractivity contribution in [1.82, 2.24) is 0 Å². The number of rotatable bonds is 7. The van der Waals surface area contributed by atoms with Crippen LogP contribution in [0.25, 0.3) is 0 Å². The SMILES string of the molecule is CCCC(O)C(O)([C]=O)[SiH2]O[Si](C)(C)C. The summed E-state index contributed by atoms with van der Waals surface area (Å²) in [5.41, 5.74) is 0. The topological polar surface area (TPSA) is 66.8 Å². The van der Waals surface area contributed by atoms with Crippen LogP contribution in [-0.4, -0.2) is 45.9 Å². The van der Waals surface area contributed by atoms with E-state index in [1.165, 1.54) is 0 Å². The van der Waals surface area contributed by atoms with Gasteiger partial charge < -0.3 is 14.3 Å². The fourth-order valence-electron chi connectivity index (χ4n) is 1.03. The quantitative estimate of drug-likeness (QED) is 0.618. The van der Waals surface area contributed by atoms with Crippen molar-refractivity contribution in [3.05, 3.63) is 0 Å². The van der Waals surface area contributed by atoms with Crippen LogP contribution in [0.3, 0.4) is 0 Å². The Kier molecular flexibility index (Phi) is 5.90. The third kappa shape index (κ3) is 5.57. The van der Waals surface area contributed by atoms with Gasteiger partial charge in [-0.3, -0.25) is 4.79 Å². The molecule has 0 heterocycles. The fraction of sp³-hybridized carbons (Fsp3) is 0.889. The highest BCUT2D eigenvalue weighted by Gasteiger charge is 2.38. The second kappa shape index (κ2) is 5.90. The van der Waals surface area contributed by atoms with E-state index in [-0.39, 0.29) is 0 Å². The van der Waals surface area contributed by atoms with E-state index in [1.54, 1.807) is 6.29 Å². The standard InChI is InChI=1S/C9H21O4Si2/c1-5-6-8(11)9(12,7-10)14-13-15(2,3)4/h8,11-12H,5-6,14H2,1-4H3. The third-order valence-electron chi connectivity index (χ3n) is 2.02. The Balaban J connectivity index is 4.37. The molecule has 0 aliphatic rings. The molecule has 2 unspecified atom stereocenters. The number of carbonyl (C=O) groups excluding carboxylic acids is 1. The summed E-state index contributed by atoms with van der Waals surface area (Å²) in [7, 11) is -3.24. The molecule has 0 aromatic heterocycles. The van der Waals surface area contributed by atoms with Crippen LogP contribution < -0.4 is 0 Å². The van der Waals surface area contributed by atoms with Crippen LogP contribution in [0.2, 0.25) is 19.6 Å². The molecule has 1 radical (unpaired) electrons. The Morgan fingerprint density at radius 3 is 2.40 bits per heavy atom. The molecule has 0 bridgehead atoms. The van der Waals surface area contributed by atoms with E-state index in [2.05, 4.69) is 0 Å². The lowest BCUT2D eigenvalue weighted by Crippen LogP contribution is -2.52. The van der Waals surface area contributed by atoms with Crippen LogP contribution in [0, 0.1) is 0 Å². The van der Waals surface area contributed by atoms with E-state index in [4.69, 9.17) is 4.12 Å². The van der Waals surface area contributed by atoms with Crippen molar-refractivity contribution in [2.75, 3.05) is 0 Å². The lowest BCUT2D eigenvalue weighted by molar-refractivity contribution is 0.0169. The summed E-state index contributed by atoms with van der Waals surface area (Å²) in [5.74, 6) is 0. The number of hydrogen-bond donors (Lipinski definition) is 2. The van der Waals surface area contributed by atoms with Gasteiger partial charge in [-0.2, -0.15) is 0 Å². The predicted octanol–water partition coefficient (Wildman–Crippen LogP) is -0.119. The number of hydrogen-bond acceptors (Lipinski definition) is 4. The van der Waals surface area contributed by atoms with Crippen LogP contribution in [0.1, 0.15) is 19.8 Å². The van der Waals surface area contributed by atoms with Gasteiger partial charge in [-0.05, 0) is 26.1 Å². The average molecular weight is 249 g/mol. The molecule has 15 heavy (non-hydrogen) atoms. The maximum atomic E-state index is 10.7. The highest BCUT2D eigenvalue weighted by molar-refractivity contribution is 6.74. The summed E-state index contributed by atoms with van der Waals surface area (Å²) in [4.78, 5) is 10.7. The molecule has 2 N–H and O–H groups in total. The number of aliphatic hydroxyl groups excluding tert-OH is 1. The first kappa shape index (κ1) is 15.0. The van der Waals surface area contributed by atoms with Gasteiger partial charge in [0.25, 0.3) is 0 Å². The Morgan fingerprint density at radius 1 is 1.53 bits per heavy atom. The molecule has 0 fully saturated rings. The summed E-state index contributed by atoms with van der Waals surface area (Å²) in [6.45, 7) is 7.83. The lowest BCUT2D eigenvalue weighted by atomic mass is 10.1. The van der Waals surface area contributed by atoms with E-state index in [0.717, 1.165) is 0 Å². The first-order chi connectivity index (χ1) is 6.75. The van der Waals surface area contributed by atoms with Gasteiger partial charge in [0.15, 0.2) is 23.3 Å². The minimum absolute atomic E-state index is 0.397. The first-order valence-electron chi connectivity index (χ1n) is 5.19. The van der Waals surface area contributed by atoms with Crippen LogP contribution in [0.15, 0.2) is 0 Å². The second-order valence-corrected chi connectivity index (χ2v) is 11.5. The molecule has 0 aliphatic carbocycles. The summed E-state index contributed by atoms with van der Waals surface area (Å²) in [5, 5.41) is 17.8. The molecule has 0 saturated carbocycles. The van der Waals surface area contributed by atoms with E-state index in [0.29, 0.717) is 12.8 Å². The molecule has 0 aliphatic heterocycles. The van der Waals surface area contributed by atoms with Crippen molar-refractivity contribution in [2.24, 2.45) is 0 Å². The lowest BCUT2D eigenvalue weighted by Gasteiger charge is -2.29. The largest absolute Gasteiger partial charge is 0.458 e. The molecule has 0 rings (SSSR count). The fourth-order valence-corrected chi connectivity index (χ4v) is 4.10. The van der Waals surface area contributed by atoms with Crippen molar-refractivity contribution in [2.45, 2.75) is 50.7 Å². The smallest absolute Gasteiger partial charge is 0.234 e. The minimum Gasteiger partial charge on any atom is -0.458 e. The average Bonchev–Trinajstić information content (AvgIpc) is 2.13. The summed E-state index contributed by atoms with van der Waals surface area (Å²) in [6.07, 6.45) is 1.62. The van der Waals surface area contributed by atoms with Crippen LogP contribution in [0.4, 0.5) is 0 Å². The molecule has 4 nitrogen and oxygen atoms in total. The van der Waals surface area contributed by atoms with Gasteiger partial charge in [-0.25, -0.2) is 0 Å². The van der Waals surface area contributed by atoms with E-state index >= 15 is 0 Å². The van der Waals surface area contributed by atoms with Crippen molar-refractivity contribution in [1.29, 1.82) is 0 Å². The highest BCUT2D eigenvalue weighted by atomic mass is 28.4. The molecule has 0 aromatic rings. The van der Waals surface area contributed by atoms with E-state index in [9.17, 15) is 15.0 Å².